The summed E-state index contributed by atoms with van der Waals surface area (Å²) in [7, 11) is -2.38. The van der Waals surface area contributed by atoms with Gasteiger partial charge in [-0.1, -0.05) is 26.0 Å². The lowest BCUT2D eigenvalue weighted by Gasteiger charge is -2.22. The Morgan fingerprint density at radius 2 is 1.75 bits per heavy atom. The molecule has 1 aliphatic heterocycles. The van der Waals surface area contributed by atoms with Crippen molar-refractivity contribution in [2.24, 2.45) is 5.92 Å². The van der Waals surface area contributed by atoms with Gasteiger partial charge >= 0.3 is 0 Å². The second-order valence-electron chi connectivity index (χ2n) is 8.86. The number of anilines is 1. The van der Waals surface area contributed by atoms with E-state index in [0.717, 1.165) is 0 Å². The van der Waals surface area contributed by atoms with Crippen LogP contribution in [0.3, 0.4) is 0 Å². The Morgan fingerprint density at radius 3 is 2.34 bits per heavy atom. The van der Waals surface area contributed by atoms with Gasteiger partial charge in [-0.15, -0.1) is 0 Å². The predicted octanol–water partition coefficient (Wildman–Crippen LogP) is 2.70. The molecule has 0 saturated heterocycles. The van der Waals surface area contributed by atoms with Crippen molar-refractivity contribution < 1.29 is 22.4 Å². The molecule has 1 aliphatic rings. The van der Waals surface area contributed by atoms with Gasteiger partial charge in [0, 0.05) is 19.3 Å². The molecule has 0 bridgehead atoms. The smallest absolute Gasteiger partial charge is 0.241 e. The molecular weight excluding hydrogens is 433 g/mol. The second-order valence-corrected chi connectivity index (χ2v) is 10.6. The van der Waals surface area contributed by atoms with Crippen LogP contribution in [-0.2, 0) is 31.6 Å². The summed E-state index contributed by atoms with van der Waals surface area (Å²) < 4.78 is 41.8. The minimum Gasteiger partial charge on any atom is -0.351 e. The highest BCUT2D eigenvalue weighted by atomic mass is 32.2. The van der Waals surface area contributed by atoms with Crippen molar-refractivity contribution in [2.75, 3.05) is 11.9 Å². The molecule has 2 aromatic carbocycles. The molecule has 32 heavy (non-hydrogen) atoms. The quantitative estimate of drug-likeness (QED) is 0.663. The number of hydrogen-bond donors (Lipinski definition) is 2. The molecule has 1 heterocycles. The number of benzene rings is 2. The SMILES string of the molecule is CC(C)[C@H](NS(=O)(=O)c1ccc2c(c1)C(C)(C)C(=O)N2C)C(=O)NCc1ccc(F)cc1. The fourth-order valence-electron chi connectivity index (χ4n) is 3.75. The van der Waals surface area contributed by atoms with Gasteiger partial charge in [-0.3, -0.25) is 9.59 Å². The third-order valence-corrected chi connectivity index (χ3v) is 7.20. The number of halogens is 1. The van der Waals surface area contributed by atoms with Crippen molar-refractivity contribution in [1.29, 1.82) is 0 Å². The third kappa shape index (κ3) is 4.54. The zero-order valence-corrected chi connectivity index (χ0v) is 19.6. The van der Waals surface area contributed by atoms with Crippen molar-refractivity contribution in [1.82, 2.24) is 10.0 Å². The van der Waals surface area contributed by atoms with Gasteiger partial charge < -0.3 is 10.2 Å². The Morgan fingerprint density at radius 1 is 1.12 bits per heavy atom. The summed E-state index contributed by atoms with van der Waals surface area (Å²) in [5.41, 5.74) is 1.13. The third-order valence-electron chi connectivity index (χ3n) is 5.76. The first-order valence-electron chi connectivity index (χ1n) is 10.3. The molecule has 0 unspecified atom stereocenters. The van der Waals surface area contributed by atoms with Crippen molar-refractivity contribution in [3.8, 4) is 0 Å². The Bertz CT molecular complexity index is 1140. The van der Waals surface area contributed by atoms with Crippen LogP contribution in [0.1, 0.15) is 38.8 Å². The summed E-state index contributed by atoms with van der Waals surface area (Å²) >= 11 is 0. The molecule has 0 spiro atoms. The highest BCUT2D eigenvalue weighted by Gasteiger charge is 2.43. The molecule has 1 atom stereocenters. The van der Waals surface area contributed by atoms with Gasteiger partial charge in [0.2, 0.25) is 21.8 Å². The number of carbonyl (C=O) groups is 2. The summed E-state index contributed by atoms with van der Waals surface area (Å²) in [6, 6.07) is 9.21. The first-order valence-corrected chi connectivity index (χ1v) is 11.8. The number of carbonyl (C=O) groups excluding carboxylic acids is 2. The number of likely N-dealkylation sites (N-methyl/N-ethyl adjacent to an activating group) is 1. The summed E-state index contributed by atoms with van der Waals surface area (Å²) in [5, 5.41) is 2.70. The lowest BCUT2D eigenvalue weighted by atomic mass is 9.86. The number of nitrogens with one attached hydrogen (secondary N) is 2. The topological polar surface area (TPSA) is 95.6 Å². The first-order chi connectivity index (χ1) is 14.8. The molecular formula is C23H28FN3O4S. The van der Waals surface area contributed by atoms with E-state index in [0.29, 0.717) is 16.8 Å². The van der Waals surface area contributed by atoms with Gasteiger partial charge in [0.05, 0.1) is 10.3 Å². The van der Waals surface area contributed by atoms with Crippen LogP contribution in [-0.4, -0.2) is 33.3 Å². The summed E-state index contributed by atoms with van der Waals surface area (Å²) in [6.45, 7) is 7.13. The van der Waals surface area contributed by atoms with Crippen LogP contribution in [0.25, 0.3) is 0 Å². The number of sulfonamides is 1. The van der Waals surface area contributed by atoms with Crippen LogP contribution in [0.4, 0.5) is 10.1 Å². The average molecular weight is 462 g/mol. The maximum absolute atomic E-state index is 13.1. The van der Waals surface area contributed by atoms with E-state index in [1.54, 1.807) is 52.9 Å². The molecule has 0 fully saturated rings. The van der Waals surface area contributed by atoms with Crippen LogP contribution in [0, 0.1) is 11.7 Å². The van der Waals surface area contributed by atoms with Crippen LogP contribution in [0.5, 0.6) is 0 Å². The number of rotatable bonds is 7. The second kappa shape index (κ2) is 8.63. The number of hydrogen-bond acceptors (Lipinski definition) is 4. The number of nitrogens with zero attached hydrogens (tertiary/aromatic N) is 1. The van der Waals surface area contributed by atoms with E-state index in [1.165, 1.54) is 29.2 Å². The number of fused-ring (bicyclic) bond motifs is 1. The molecule has 2 aromatic rings. The predicted molar refractivity (Wildman–Crippen MR) is 120 cm³/mol. The van der Waals surface area contributed by atoms with Gasteiger partial charge in [0.1, 0.15) is 11.9 Å². The highest BCUT2D eigenvalue weighted by molar-refractivity contribution is 7.89. The van der Waals surface area contributed by atoms with Crippen molar-refractivity contribution >= 4 is 27.5 Å². The molecule has 0 aromatic heterocycles. The van der Waals surface area contributed by atoms with Crippen LogP contribution < -0.4 is 14.9 Å². The molecule has 9 heteroatoms. The van der Waals surface area contributed by atoms with E-state index >= 15 is 0 Å². The standard InChI is InChI=1S/C23H28FN3O4S/c1-14(2)20(21(28)25-13-15-6-8-16(24)9-7-15)26-32(30,31)17-10-11-19-18(12-17)23(3,4)22(29)27(19)5/h6-12,14,20,26H,13H2,1-5H3,(H,25,28)/t20-/m0/s1. The van der Waals surface area contributed by atoms with Crippen molar-refractivity contribution in [3.63, 3.8) is 0 Å². The highest BCUT2D eigenvalue weighted by Crippen LogP contribution is 2.41. The lowest BCUT2D eigenvalue weighted by Crippen LogP contribution is -2.49. The average Bonchev–Trinajstić information content (AvgIpc) is 2.91. The maximum atomic E-state index is 13.1. The van der Waals surface area contributed by atoms with E-state index in [-0.39, 0.29) is 29.1 Å². The molecule has 2 amide bonds. The lowest BCUT2D eigenvalue weighted by molar-refractivity contribution is -0.124. The summed E-state index contributed by atoms with van der Waals surface area (Å²) in [6.07, 6.45) is 0. The maximum Gasteiger partial charge on any atom is 0.241 e. The zero-order chi connectivity index (χ0) is 23.8. The Balaban J connectivity index is 1.80. The fraction of sp³-hybridized carbons (Fsp3) is 0.391. The van der Waals surface area contributed by atoms with Crippen LogP contribution in [0.15, 0.2) is 47.4 Å². The normalized spacial score (nSPS) is 16.2. The van der Waals surface area contributed by atoms with Crippen molar-refractivity contribution in [2.45, 2.75) is 50.6 Å². The van der Waals surface area contributed by atoms with E-state index in [9.17, 15) is 22.4 Å². The van der Waals surface area contributed by atoms with Crippen molar-refractivity contribution in [3.05, 3.63) is 59.4 Å². The van der Waals surface area contributed by atoms with Crippen LogP contribution >= 0.6 is 0 Å². The summed E-state index contributed by atoms with van der Waals surface area (Å²) in [5.74, 6) is -1.30. The van der Waals surface area contributed by atoms with E-state index in [1.807, 2.05) is 0 Å². The van der Waals surface area contributed by atoms with Gasteiger partial charge in [0.25, 0.3) is 0 Å². The largest absolute Gasteiger partial charge is 0.351 e. The fourth-order valence-corrected chi connectivity index (χ4v) is 5.12. The molecule has 172 valence electrons. The van der Waals surface area contributed by atoms with Gasteiger partial charge in [-0.25, -0.2) is 12.8 Å². The molecule has 3 rings (SSSR count). The molecule has 0 radical (unpaired) electrons. The molecule has 7 nitrogen and oxygen atoms in total. The Labute approximate surface area is 188 Å². The van der Waals surface area contributed by atoms with E-state index in [4.69, 9.17) is 0 Å². The Kier molecular flexibility index (Phi) is 6.44. The van der Waals surface area contributed by atoms with Gasteiger partial charge in [-0.05, 0) is 61.2 Å². The summed E-state index contributed by atoms with van der Waals surface area (Å²) in [4.78, 5) is 26.7. The zero-order valence-electron chi connectivity index (χ0n) is 18.8. The molecule has 0 aliphatic carbocycles. The Hall–Kier alpha value is -2.78. The van der Waals surface area contributed by atoms with Gasteiger partial charge in [0.15, 0.2) is 0 Å². The number of amides is 2. The molecule has 2 N–H and O–H groups in total. The monoisotopic (exact) mass is 461 g/mol. The molecule has 0 saturated carbocycles. The minimum atomic E-state index is -4.04. The minimum absolute atomic E-state index is 0.00981. The van der Waals surface area contributed by atoms with E-state index in [2.05, 4.69) is 10.0 Å². The van der Waals surface area contributed by atoms with Crippen LogP contribution in [0.2, 0.25) is 0 Å². The first kappa shape index (κ1) is 23.9. The van der Waals surface area contributed by atoms with E-state index < -0.39 is 27.4 Å². The van der Waals surface area contributed by atoms with Gasteiger partial charge in [-0.2, -0.15) is 4.72 Å².